The van der Waals surface area contributed by atoms with Gasteiger partial charge in [0.25, 0.3) is 0 Å². The second-order valence-corrected chi connectivity index (χ2v) is 11.1. The molecule has 1 aliphatic rings. The molecule has 7 nitrogen and oxygen atoms in total. The van der Waals surface area contributed by atoms with Crippen molar-refractivity contribution in [2.75, 3.05) is 19.1 Å². The predicted octanol–water partition coefficient (Wildman–Crippen LogP) is 4.97. The number of piperidine rings is 1. The fourth-order valence-corrected chi connectivity index (χ4v) is 6.07. The summed E-state index contributed by atoms with van der Waals surface area (Å²) >= 11 is 1.61. The highest BCUT2D eigenvalue weighted by Gasteiger charge is 2.39. The van der Waals surface area contributed by atoms with Crippen LogP contribution >= 0.6 is 11.3 Å². The molecule has 1 saturated heterocycles. The van der Waals surface area contributed by atoms with Gasteiger partial charge in [0.05, 0.1) is 18.4 Å². The highest BCUT2D eigenvalue weighted by Crippen LogP contribution is 2.40. The number of benzene rings is 1. The molecule has 2 N–H and O–H groups in total. The lowest BCUT2D eigenvalue weighted by Gasteiger charge is -2.48. The van der Waals surface area contributed by atoms with Crippen LogP contribution in [0.5, 0.6) is 5.75 Å². The number of aryl methyl sites for hydroxylation is 2. The van der Waals surface area contributed by atoms with Crippen LogP contribution in [-0.2, 0) is 0 Å². The van der Waals surface area contributed by atoms with Crippen molar-refractivity contribution in [2.24, 2.45) is 0 Å². The molecule has 172 valence electrons. The number of H-pyrrole nitrogens is 1. The minimum atomic E-state index is 0.0800. The SMILES string of the molecule is COc1cc(-c2c(C)n[nH]c2C)ccc1-c1nnc(N(C)C2CC(C)(C)NC(C)(C)C2)s1. The van der Waals surface area contributed by atoms with Crippen molar-refractivity contribution in [3.05, 3.63) is 29.6 Å². The molecule has 32 heavy (non-hydrogen) atoms. The van der Waals surface area contributed by atoms with Crippen molar-refractivity contribution in [1.29, 1.82) is 0 Å². The quantitative estimate of drug-likeness (QED) is 0.567. The van der Waals surface area contributed by atoms with Crippen molar-refractivity contribution < 1.29 is 4.74 Å². The van der Waals surface area contributed by atoms with Gasteiger partial charge in [0.2, 0.25) is 5.13 Å². The van der Waals surface area contributed by atoms with Crippen LogP contribution in [0.3, 0.4) is 0 Å². The zero-order chi connectivity index (χ0) is 23.3. The van der Waals surface area contributed by atoms with Gasteiger partial charge in [-0.3, -0.25) is 5.10 Å². The topological polar surface area (TPSA) is 79.0 Å². The highest BCUT2D eigenvalue weighted by molar-refractivity contribution is 7.18. The summed E-state index contributed by atoms with van der Waals surface area (Å²) in [5.41, 5.74) is 5.33. The monoisotopic (exact) mass is 454 g/mol. The molecule has 0 saturated carbocycles. The van der Waals surface area contributed by atoms with E-state index in [1.54, 1.807) is 18.4 Å². The van der Waals surface area contributed by atoms with Crippen molar-refractivity contribution in [1.82, 2.24) is 25.7 Å². The van der Waals surface area contributed by atoms with E-state index in [-0.39, 0.29) is 11.1 Å². The lowest BCUT2D eigenvalue weighted by molar-refractivity contribution is 0.161. The molecule has 1 aromatic carbocycles. The number of anilines is 1. The molecule has 0 amide bonds. The van der Waals surface area contributed by atoms with Gasteiger partial charge in [-0.1, -0.05) is 17.4 Å². The molecule has 0 unspecified atom stereocenters. The van der Waals surface area contributed by atoms with Gasteiger partial charge >= 0.3 is 0 Å². The van der Waals surface area contributed by atoms with Gasteiger partial charge < -0.3 is 15.0 Å². The molecule has 0 atom stereocenters. The van der Waals surface area contributed by atoms with E-state index in [0.29, 0.717) is 6.04 Å². The van der Waals surface area contributed by atoms with Crippen LogP contribution < -0.4 is 15.0 Å². The van der Waals surface area contributed by atoms with Gasteiger partial charge in [0.1, 0.15) is 5.75 Å². The second kappa shape index (κ2) is 8.15. The Morgan fingerprint density at radius 1 is 1.09 bits per heavy atom. The first-order chi connectivity index (χ1) is 15.0. The van der Waals surface area contributed by atoms with Crippen molar-refractivity contribution in [2.45, 2.75) is 71.5 Å². The number of nitrogens with zero attached hydrogens (tertiary/aromatic N) is 4. The molecule has 0 bridgehead atoms. The molecule has 0 radical (unpaired) electrons. The zero-order valence-corrected chi connectivity index (χ0v) is 21.1. The summed E-state index contributed by atoms with van der Waals surface area (Å²) in [7, 11) is 3.84. The largest absolute Gasteiger partial charge is 0.496 e. The summed E-state index contributed by atoms with van der Waals surface area (Å²) in [6, 6.07) is 6.63. The molecule has 3 heterocycles. The summed E-state index contributed by atoms with van der Waals surface area (Å²) in [5, 5.41) is 22.0. The molecular formula is C24H34N6OS. The van der Waals surface area contributed by atoms with Gasteiger partial charge in [-0.15, -0.1) is 10.2 Å². The Morgan fingerprint density at radius 2 is 1.78 bits per heavy atom. The number of hydrogen-bond donors (Lipinski definition) is 2. The summed E-state index contributed by atoms with van der Waals surface area (Å²) < 4.78 is 5.75. The van der Waals surface area contributed by atoms with Crippen molar-refractivity contribution in [3.8, 4) is 27.4 Å². The summed E-state index contributed by atoms with van der Waals surface area (Å²) in [6.45, 7) is 13.1. The fourth-order valence-electron chi connectivity index (χ4n) is 5.16. The maximum absolute atomic E-state index is 5.75. The maximum Gasteiger partial charge on any atom is 0.208 e. The third-order valence-corrected chi connectivity index (χ3v) is 7.33. The van der Waals surface area contributed by atoms with E-state index in [0.717, 1.165) is 56.8 Å². The molecule has 3 aromatic rings. The normalized spacial score (nSPS) is 18.0. The number of ether oxygens (including phenoxy) is 1. The Kier molecular flexibility index (Phi) is 5.79. The number of nitrogens with one attached hydrogen (secondary N) is 2. The van der Waals surface area contributed by atoms with Gasteiger partial charge in [0.15, 0.2) is 5.01 Å². The second-order valence-electron chi connectivity index (χ2n) is 10.2. The Bertz CT molecular complexity index is 1080. The third-order valence-electron chi connectivity index (χ3n) is 6.28. The van der Waals surface area contributed by atoms with Gasteiger partial charge in [-0.25, -0.2) is 0 Å². The Hall–Kier alpha value is -2.45. The summed E-state index contributed by atoms with van der Waals surface area (Å²) in [4.78, 5) is 2.30. The highest BCUT2D eigenvalue weighted by atomic mass is 32.1. The molecular weight excluding hydrogens is 420 g/mol. The van der Waals surface area contributed by atoms with E-state index in [1.807, 2.05) is 13.8 Å². The smallest absolute Gasteiger partial charge is 0.208 e. The summed E-state index contributed by atoms with van der Waals surface area (Å²) in [5.74, 6) is 0.789. The van der Waals surface area contributed by atoms with E-state index < -0.39 is 0 Å². The number of methoxy groups -OCH3 is 1. The van der Waals surface area contributed by atoms with E-state index in [2.05, 4.69) is 83.6 Å². The number of aromatic nitrogens is 4. The van der Waals surface area contributed by atoms with Crippen LogP contribution in [0, 0.1) is 13.8 Å². The average Bonchev–Trinajstić information content (AvgIpc) is 3.31. The number of hydrogen-bond acceptors (Lipinski definition) is 7. The number of aromatic amines is 1. The molecule has 8 heteroatoms. The Balaban J connectivity index is 1.62. The van der Waals surface area contributed by atoms with Gasteiger partial charge in [0, 0.05) is 35.4 Å². The third kappa shape index (κ3) is 4.38. The predicted molar refractivity (Wildman–Crippen MR) is 132 cm³/mol. The first kappa shape index (κ1) is 22.7. The fraction of sp³-hybridized carbons (Fsp3) is 0.542. The number of rotatable bonds is 5. The van der Waals surface area contributed by atoms with Crippen LogP contribution in [0.4, 0.5) is 5.13 Å². The molecule has 0 spiro atoms. The van der Waals surface area contributed by atoms with Crippen LogP contribution in [-0.4, -0.2) is 51.7 Å². The lowest BCUT2D eigenvalue weighted by atomic mass is 9.79. The van der Waals surface area contributed by atoms with E-state index >= 15 is 0 Å². The van der Waals surface area contributed by atoms with Crippen LogP contribution in [0.25, 0.3) is 21.7 Å². The lowest BCUT2D eigenvalue weighted by Crippen LogP contribution is -2.61. The van der Waals surface area contributed by atoms with E-state index in [9.17, 15) is 0 Å². The minimum Gasteiger partial charge on any atom is -0.496 e. The zero-order valence-electron chi connectivity index (χ0n) is 20.3. The Labute approximate surface area is 194 Å². The first-order valence-corrected chi connectivity index (χ1v) is 11.9. The average molecular weight is 455 g/mol. The van der Waals surface area contributed by atoms with Gasteiger partial charge in [-0.2, -0.15) is 5.10 Å². The van der Waals surface area contributed by atoms with Crippen LogP contribution in [0.15, 0.2) is 18.2 Å². The summed E-state index contributed by atoms with van der Waals surface area (Å²) in [6.07, 6.45) is 2.12. The van der Waals surface area contributed by atoms with E-state index in [1.165, 1.54) is 0 Å². The Morgan fingerprint density at radius 3 is 2.38 bits per heavy atom. The van der Waals surface area contributed by atoms with Gasteiger partial charge in [-0.05, 0) is 72.1 Å². The van der Waals surface area contributed by atoms with Crippen molar-refractivity contribution in [3.63, 3.8) is 0 Å². The molecule has 1 aliphatic heterocycles. The molecule has 1 fully saturated rings. The van der Waals surface area contributed by atoms with Crippen LogP contribution in [0.1, 0.15) is 51.9 Å². The minimum absolute atomic E-state index is 0.0800. The first-order valence-electron chi connectivity index (χ1n) is 11.1. The molecule has 2 aromatic heterocycles. The van der Waals surface area contributed by atoms with Crippen molar-refractivity contribution >= 4 is 16.5 Å². The molecule has 4 rings (SSSR count). The van der Waals surface area contributed by atoms with Crippen LogP contribution in [0.2, 0.25) is 0 Å². The standard InChI is InChI=1S/C24H34N6OS/c1-14-20(15(2)26-25-14)16-9-10-18(19(11-16)31-8)21-27-28-22(32-21)30(7)17-12-23(3,4)29-24(5,6)13-17/h9-11,17,29H,12-13H2,1-8H3,(H,25,26). The molecule has 0 aliphatic carbocycles. The van der Waals surface area contributed by atoms with E-state index in [4.69, 9.17) is 4.74 Å². The maximum atomic E-state index is 5.75.